The second-order valence-electron chi connectivity index (χ2n) is 18.6. The molecule has 0 N–H and O–H groups in total. The summed E-state index contributed by atoms with van der Waals surface area (Å²) in [5, 5.41) is 0. The zero-order chi connectivity index (χ0) is 46.5. The molecule has 0 saturated carbocycles. The summed E-state index contributed by atoms with van der Waals surface area (Å²) in [6.45, 7) is 6.51. The van der Waals surface area contributed by atoms with Crippen LogP contribution < -0.4 is 0 Å². The van der Waals surface area contributed by atoms with Crippen molar-refractivity contribution in [2.75, 3.05) is 13.2 Å². The molecule has 1 atom stereocenters. The molecule has 0 spiro atoms. The van der Waals surface area contributed by atoms with Crippen LogP contribution in [0.4, 0.5) is 0 Å². The normalized spacial score (nSPS) is 12.4. The average molecular weight is 897 g/mol. The van der Waals surface area contributed by atoms with Crippen molar-refractivity contribution < 1.29 is 28.6 Å². The van der Waals surface area contributed by atoms with Crippen LogP contribution in [0.5, 0.6) is 0 Å². The van der Waals surface area contributed by atoms with Crippen molar-refractivity contribution in [2.24, 2.45) is 0 Å². The van der Waals surface area contributed by atoms with E-state index in [0.29, 0.717) is 19.3 Å². The van der Waals surface area contributed by atoms with Crippen LogP contribution in [0, 0.1) is 0 Å². The fourth-order valence-electron chi connectivity index (χ4n) is 8.04. The minimum atomic E-state index is -0.781. The second kappa shape index (κ2) is 53.0. The fraction of sp³-hybridized carbons (Fsp3) is 0.810. The summed E-state index contributed by atoms with van der Waals surface area (Å²) in [6, 6.07) is 0. The van der Waals surface area contributed by atoms with E-state index in [1.165, 1.54) is 161 Å². The van der Waals surface area contributed by atoms with Gasteiger partial charge in [-0.1, -0.05) is 275 Å². The van der Waals surface area contributed by atoms with Crippen LogP contribution in [0.15, 0.2) is 48.6 Å². The summed E-state index contributed by atoms with van der Waals surface area (Å²) >= 11 is 0. The van der Waals surface area contributed by atoms with Gasteiger partial charge in [-0.05, 0) is 38.5 Å². The molecule has 6 heteroatoms. The van der Waals surface area contributed by atoms with E-state index >= 15 is 0 Å². The predicted molar refractivity (Wildman–Crippen MR) is 275 cm³/mol. The molecule has 0 aliphatic carbocycles. The SMILES string of the molecule is CC\C=C/C=C\C=C/C=C\CCCCCCCC(=O)OC(COC(=O)CCCCCCCCCCCCCCC)COC(=O)CCCCCCCCCCCCCCCCCCCC. The molecule has 6 nitrogen and oxygen atoms in total. The van der Waals surface area contributed by atoms with Gasteiger partial charge in [0.25, 0.3) is 0 Å². The Bertz CT molecular complexity index is 1120. The van der Waals surface area contributed by atoms with E-state index in [1.807, 2.05) is 18.2 Å². The lowest BCUT2D eigenvalue weighted by Gasteiger charge is -2.18. The third-order valence-corrected chi connectivity index (χ3v) is 12.2. The molecule has 64 heavy (non-hydrogen) atoms. The first-order valence-corrected chi connectivity index (χ1v) is 27.7. The summed E-state index contributed by atoms with van der Waals surface area (Å²) in [5.74, 6) is -0.888. The number of carbonyl (C=O) groups is 3. The van der Waals surface area contributed by atoms with Crippen molar-refractivity contribution in [1.29, 1.82) is 0 Å². The van der Waals surface area contributed by atoms with Gasteiger partial charge >= 0.3 is 17.9 Å². The Labute approximate surface area is 397 Å². The largest absolute Gasteiger partial charge is 0.462 e. The lowest BCUT2D eigenvalue weighted by Crippen LogP contribution is -2.30. The van der Waals surface area contributed by atoms with Crippen molar-refractivity contribution in [3.8, 4) is 0 Å². The van der Waals surface area contributed by atoms with Crippen LogP contribution in [0.1, 0.15) is 284 Å². The Morgan fingerprint density at radius 2 is 0.609 bits per heavy atom. The van der Waals surface area contributed by atoms with Crippen molar-refractivity contribution in [2.45, 2.75) is 290 Å². The molecule has 372 valence electrons. The van der Waals surface area contributed by atoms with Gasteiger partial charge in [0.1, 0.15) is 13.2 Å². The number of ether oxygens (including phenoxy) is 3. The minimum absolute atomic E-state index is 0.0788. The Morgan fingerprint density at radius 1 is 0.328 bits per heavy atom. The van der Waals surface area contributed by atoms with Gasteiger partial charge in [-0.3, -0.25) is 14.4 Å². The minimum Gasteiger partial charge on any atom is -0.462 e. The number of unbranched alkanes of at least 4 members (excludes halogenated alkanes) is 34. The van der Waals surface area contributed by atoms with Crippen LogP contribution in [0.2, 0.25) is 0 Å². The molecular weight excluding hydrogens is 793 g/mol. The summed E-state index contributed by atoms with van der Waals surface area (Å²) in [5.41, 5.74) is 0. The number of allylic oxidation sites excluding steroid dienone is 8. The van der Waals surface area contributed by atoms with Gasteiger partial charge in [0.2, 0.25) is 0 Å². The first-order chi connectivity index (χ1) is 31.5. The maximum atomic E-state index is 12.8. The van der Waals surface area contributed by atoms with Gasteiger partial charge in [-0.15, -0.1) is 0 Å². The highest BCUT2D eigenvalue weighted by molar-refractivity contribution is 5.71. The molecule has 0 fully saturated rings. The number of hydrogen-bond acceptors (Lipinski definition) is 6. The third kappa shape index (κ3) is 50.4. The molecule has 0 aliphatic heterocycles. The molecule has 0 aromatic heterocycles. The summed E-state index contributed by atoms with van der Waals surface area (Å²) < 4.78 is 16.8. The van der Waals surface area contributed by atoms with Gasteiger partial charge in [0.15, 0.2) is 6.10 Å². The van der Waals surface area contributed by atoms with Crippen LogP contribution in [-0.2, 0) is 28.6 Å². The Kier molecular flexibility index (Phi) is 50.8. The number of hydrogen-bond donors (Lipinski definition) is 0. The van der Waals surface area contributed by atoms with Crippen molar-refractivity contribution in [3.05, 3.63) is 48.6 Å². The first kappa shape index (κ1) is 61.4. The van der Waals surface area contributed by atoms with Crippen molar-refractivity contribution >= 4 is 17.9 Å². The summed E-state index contributed by atoms with van der Waals surface area (Å²) in [6.07, 6.45) is 63.8. The van der Waals surface area contributed by atoms with Crippen LogP contribution in [-0.4, -0.2) is 37.2 Å². The quantitative estimate of drug-likeness (QED) is 0.0262. The maximum Gasteiger partial charge on any atom is 0.306 e. The zero-order valence-electron chi connectivity index (χ0n) is 42.6. The van der Waals surface area contributed by atoms with Crippen LogP contribution in [0.3, 0.4) is 0 Å². The Morgan fingerprint density at radius 3 is 0.953 bits per heavy atom. The van der Waals surface area contributed by atoms with E-state index in [2.05, 4.69) is 51.2 Å². The smallest absolute Gasteiger partial charge is 0.306 e. The highest BCUT2D eigenvalue weighted by Crippen LogP contribution is 2.17. The highest BCUT2D eigenvalue weighted by atomic mass is 16.6. The third-order valence-electron chi connectivity index (χ3n) is 12.2. The molecule has 0 amide bonds. The molecule has 0 aliphatic rings. The van der Waals surface area contributed by atoms with E-state index in [9.17, 15) is 14.4 Å². The van der Waals surface area contributed by atoms with E-state index in [1.54, 1.807) is 0 Å². The number of carbonyl (C=O) groups excluding carboxylic acids is 3. The fourth-order valence-corrected chi connectivity index (χ4v) is 8.04. The monoisotopic (exact) mass is 897 g/mol. The van der Waals surface area contributed by atoms with E-state index in [4.69, 9.17) is 14.2 Å². The highest BCUT2D eigenvalue weighted by Gasteiger charge is 2.19. The summed E-state index contributed by atoms with van der Waals surface area (Å²) in [4.78, 5) is 38.1. The van der Waals surface area contributed by atoms with Crippen LogP contribution >= 0.6 is 0 Å². The molecular formula is C58H104O6. The molecule has 0 radical (unpaired) electrons. The van der Waals surface area contributed by atoms with Gasteiger partial charge in [-0.2, -0.15) is 0 Å². The second-order valence-corrected chi connectivity index (χ2v) is 18.6. The number of rotatable bonds is 50. The van der Waals surface area contributed by atoms with Crippen LogP contribution in [0.25, 0.3) is 0 Å². The first-order valence-electron chi connectivity index (χ1n) is 27.7. The molecule has 0 rings (SSSR count). The van der Waals surface area contributed by atoms with Gasteiger partial charge in [-0.25, -0.2) is 0 Å². The Balaban J connectivity index is 4.35. The summed E-state index contributed by atoms with van der Waals surface area (Å²) in [7, 11) is 0. The lowest BCUT2D eigenvalue weighted by atomic mass is 10.0. The van der Waals surface area contributed by atoms with E-state index in [-0.39, 0.29) is 31.1 Å². The molecule has 0 aromatic carbocycles. The standard InChI is InChI=1S/C58H104O6/c1-4-7-10-13-16-19-22-25-27-28-29-31-33-36-39-42-45-48-51-57(60)63-54-55(53-62-56(59)50-47-44-41-38-35-32-24-21-18-15-12-9-6-3)64-58(61)52-49-46-43-40-37-34-30-26-23-20-17-14-11-8-5-2/h8,11,14,17,20,23,26,30,55H,4-7,9-10,12-13,15-16,18-19,21-22,24-25,27-29,31-54H2,1-3H3/b11-8-,17-14-,23-20-,30-26-. The van der Waals surface area contributed by atoms with Gasteiger partial charge < -0.3 is 14.2 Å². The zero-order valence-corrected chi connectivity index (χ0v) is 42.6. The molecule has 0 bridgehead atoms. The Hall–Kier alpha value is -2.63. The van der Waals surface area contributed by atoms with Gasteiger partial charge in [0.05, 0.1) is 0 Å². The average Bonchev–Trinajstić information content (AvgIpc) is 3.29. The van der Waals surface area contributed by atoms with E-state index in [0.717, 1.165) is 83.5 Å². The number of esters is 3. The lowest BCUT2D eigenvalue weighted by molar-refractivity contribution is -0.167. The van der Waals surface area contributed by atoms with Gasteiger partial charge in [0, 0.05) is 19.3 Å². The molecule has 1 unspecified atom stereocenters. The van der Waals surface area contributed by atoms with E-state index < -0.39 is 6.10 Å². The van der Waals surface area contributed by atoms with Crippen molar-refractivity contribution in [1.82, 2.24) is 0 Å². The van der Waals surface area contributed by atoms with Crippen molar-refractivity contribution in [3.63, 3.8) is 0 Å². The topological polar surface area (TPSA) is 78.9 Å². The predicted octanol–water partition coefficient (Wildman–Crippen LogP) is 18.3. The maximum absolute atomic E-state index is 12.8. The molecule has 0 heterocycles. The molecule has 0 saturated heterocycles. The molecule has 0 aromatic rings.